The molecule has 6 nitrogen and oxygen atoms in total. The molecule has 2 N–H and O–H groups in total. The molecule has 1 aliphatic heterocycles. The predicted molar refractivity (Wildman–Crippen MR) is 93.1 cm³/mol. The van der Waals surface area contributed by atoms with E-state index < -0.39 is 0 Å². The van der Waals surface area contributed by atoms with Gasteiger partial charge in [0.05, 0.1) is 17.8 Å². The summed E-state index contributed by atoms with van der Waals surface area (Å²) in [5, 5.41) is 15.0. The summed E-state index contributed by atoms with van der Waals surface area (Å²) in [6.45, 7) is 3.26. The van der Waals surface area contributed by atoms with Crippen LogP contribution in [0.3, 0.4) is 0 Å². The van der Waals surface area contributed by atoms with E-state index in [0.717, 1.165) is 6.42 Å². The van der Waals surface area contributed by atoms with Crippen LogP contribution in [0.25, 0.3) is 11.1 Å². The highest BCUT2D eigenvalue weighted by molar-refractivity contribution is 5.82. The molecule has 1 saturated heterocycles. The first-order valence-electron chi connectivity index (χ1n) is 7.92. The molecular formula is C18H18FN5O. The molecule has 1 fully saturated rings. The van der Waals surface area contributed by atoms with Crippen LogP contribution in [0.15, 0.2) is 36.5 Å². The lowest BCUT2D eigenvalue weighted by Crippen LogP contribution is -2.37. The first-order valence-corrected chi connectivity index (χ1v) is 7.92. The lowest BCUT2D eigenvalue weighted by atomic mass is 10.0. The summed E-state index contributed by atoms with van der Waals surface area (Å²) in [5.74, 6) is 0.189. The predicted octanol–water partition coefficient (Wildman–Crippen LogP) is 2.81. The van der Waals surface area contributed by atoms with Gasteiger partial charge in [0.1, 0.15) is 11.6 Å². The Labute approximate surface area is 145 Å². The third-order valence-corrected chi connectivity index (χ3v) is 4.30. The molecule has 1 aliphatic rings. The second-order valence-corrected chi connectivity index (χ2v) is 6.35. The average Bonchev–Trinajstić information content (AvgIpc) is 2.98. The number of anilines is 2. The monoisotopic (exact) mass is 339 g/mol. The Bertz CT molecular complexity index is 834. The maximum atomic E-state index is 13.4. The lowest BCUT2D eigenvalue weighted by molar-refractivity contribution is -0.105. The van der Waals surface area contributed by atoms with Gasteiger partial charge in [0.2, 0.25) is 6.41 Å². The van der Waals surface area contributed by atoms with Gasteiger partial charge < -0.3 is 15.5 Å². The Hall–Kier alpha value is -3.14. The normalized spacial score (nSPS) is 19.3. The third kappa shape index (κ3) is 3.69. The first kappa shape index (κ1) is 16.7. The Morgan fingerprint density at radius 3 is 2.92 bits per heavy atom. The van der Waals surface area contributed by atoms with Crippen molar-refractivity contribution in [1.82, 2.24) is 9.88 Å². The number of carbonyl (C=O) groups is 1. The van der Waals surface area contributed by atoms with Crippen LogP contribution in [0.1, 0.15) is 13.3 Å². The van der Waals surface area contributed by atoms with Gasteiger partial charge in [-0.25, -0.2) is 9.37 Å². The van der Waals surface area contributed by atoms with Crippen molar-refractivity contribution in [3.63, 3.8) is 0 Å². The van der Waals surface area contributed by atoms with Crippen molar-refractivity contribution < 1.29 is 9.18 Å². The molecule has 3 rings (SSSR count). The van der Waals surface area contributed by atoms with E-state index >= 15 is 0 Å². The van der Waals surface area contributed by atoms with Crippen molar-refractivity contribution in [1.29, 1.82) is 5.26 Å². The van der Waals surface area contributed by atoms with Crippen LogP contribution in [0.5, 0.6) is 0 Å². The van der Waals surface area contributed by atoms with E-state index in [4.69, 9.17) is 5.26 Å². The van der Waals surface area contributed by atoms with Crippen molar-refractivity contribution in [2.24, 2.45) is 0 Å². The maximum Gasteiger partial charge on any atom is 0.211 e. The molecule has 25 heavy (non-hydrogen) atoms. The van der Waals surface area contributed by atoms with Crippen molar-refractivity contribution >= 4 is 17.9 Å². The molecule has 1 amide bonds. The summed E-state index contributed by atoms with van der Waals surface area (Å²) >= 11 is 0. The Morgan fingerprint density at radius 2 is 2.24 bits per heavy atom. The van der Waals surface area contributed by atoms with Crippen LogP contribution in [-0.2, 0) is 4.79 Å². The topological polar surface area (TPSA) is 81.1 Å². The van der Waals surface area contributed by atoms with Crippen LogP contribution >= 0.6 is 0 Å². The number of nitrogens with one attached hydrogen (secondary N) is 2. The summed E-state index contributed by atoms with van der Waals surface area (Å²) in [4.78, 5) is 17.1. The fourth-order valence-electron chi connectivity index (χ4n) is 3.00. The minimum Gasteiger partial charge on any atom is -0.361 e. The van der Waals surface area contributed by atoms with Gasteiger partial charge in [-0.05, 0) is 37.1 Å². The quantitative estimate of drug-likeness (QED) is 0.647. The summed E-state index contributed by atoms with van der Waals surface area (Å²) < 4.78 is 13.4. The van der Waals surface area contributed by atoms with Gasteiger partial charge in [0, 0.05) is 18.3 Å². The van der Waals surface area contributed by atoms with Gasteiger partial charge >= 0.3 is 0 Å². The Kier molecular flexibility index (Phi) is 4.52. The number of hydrogen-bond acceptors (Lipinski definition) is 5. The van der Waals surface area contributed by atoms with E-state index in [9.17, 15) is 9.18 Å². The van der Waals surface area contributed by atoms with Crippen LogP contribution in [-0.4, -0.2) is 34.9 Å². The highest BCUT2D eigenvalue weighted by Gasteiger charge is 2.34. The number of rotatable bonds is 5. The highest BCUT2D eigenvalue weighted by atomic mass is 19.1. The zero-order chi connectivity index (χ0) is 17.9. The average molecular weight is 339 g/mol. The summed E-state index contributed by atoms with van der Waals surface area (Å²) in [6, 6.07) is 7.94. The summed E-state index contributed by atoms with van der Waals surface area (Å²) in [7, 11) is 0. The van der Waals surface area contributed by atoms with E-state index in [0.29, 0.717) is 42.1 Å². The first-order chi connectivity index (χ1) is 12.0. The molecule has 128 valence electrons. The Balaban J connectivity index is 1.90. The fraction of sp³-hybridized carbons (Fsp3) is 0.278. The molecule has 1 aromatic heterocycles. The molecule has 2 heterocycles. The molecule has 0 saturated carbocycles. The van der Waals surface area contributed by atoms with Crippen LogP contribution in [0.4, 0.5) is 15.9 Å². The molecule has 0 aliphatic carbocycles. The maximum absolute atomic E-state index is 13.4. The van der Waals surface area contributed by atoms with Gasteiger partial charge in [-0.2, -0.15) is 5.26 Å². The number of carbonyl (C=O) groups excluding carboxylic acids is 1. The molecular weight excluding hydrogens is 321 g/mol. The largest absolute Gasteiger partial charge is 0.361 e. The SMILES string of the molecule is C[C@]1(Nc2ncc(-c3cccc(F)c3)cc2NC=O)CCN(C#N)C1. The number of hydrogen-bond donors (Lipinski definition) is 2. The van der Waals surface area contributed by atoms with Gasteiger partial charge in [-0.3, -0.25) is 4.79 Å². The number of pyridine rings is 1. The summed E-state index contributed by atoms with van der Waals surface area (Å²) in [6.07, 6.45) is 5.14. The molecule has 7 heteroatoms. The number of nitriles is 1. The number of benzene rings is 1. The van der Waals surface area contributed by atoms with E-state index in [-0.39, 0.29) is 11.4 Å². The number of likely N-dealkylation sites (tertiary alicyclic amines) is 1. The molecule has 1 atom stereocenters. The van der Waals surface area contributed by atoms with Crippen LogP contribution in [0, 0.1) is 17.3 Å². The van der Waals surface area contributed by atoms with E-state index in [1.165, 1.54) is 12.1 Å². The van der Waals surface area contributed by atoms with Crippen LogP contribution in [0.2, 0.25) is 0 Å². The number of halogens is 1. The molecule has 0 radical (unpaired) electrons. The molecule has 0 unspecified atom stereocenters. The molecule has 1 aromatic carbocycles. The van der Waals surface area contributed by atoms with Crippen LogP contribution < -0.4 is 10.6 Å². The zero-order valence-electron chi connectivity index (χ0n) is 13.8. The van der Waals surface area contributed by atoms with Crippen molar-refractivity contribution in [2.75, 3.05) is 23.7 Å². The second kappa shape index (κ2) is 6.77. The number of aromatic nitrogens is 1. The number of nitrogens with zero attached hydrogens (tertiary/aromatic N) is 3. The van der Waals surface area contributed by atoms with Crippen molar-refractivity contribution in [3.05, 3.63) is 42.3 Å². The van der Waals surface area contributed by atoms with Gasteiger partial charge in [0.15, 0.2) is 6.19 Å². The smallest absolute Gasteiger partial charge is 0.211 e. The van der Waals surface area contributed by atoms with E-state index in [1.54, 1.807) is 29.3 Å². The lowest BCUT2D eigenvalue weighted by Gasteiger charge is -2.26. The molecule has 0 spiro atoms. The fourth-order valence-corrected chi connectivity index (χ4v) is 3.00. The van der Waals surface area contributed by atoms with Gasteiger partial charge in [0.25, 0.3) is 0 Å². The molecule has 2 aromatic rings. The summed E-state index contributed by atoms with van der Waals surface area (Å²) in [5.41, 5.74) is 1.57. The highest BCUT2D eigenvalue weighted by Crippen LogP contribution is 2.31. The number of amides is 1. The minimum absolute atomic E-state index is 0.317. The van der Waals surface area contributed by atoms with Crippen molar-refractivity contribution in [3.8, 4) is 17.3 Å². The third-order valence-electron chi connectivity index (χ3n) is 4.30. The van der Waals surface area contributed by atoms with Gasteiger partial charge in [-0.1, -0.05) is 12.1 Å². The zero-order valence-corrected chi connectivity index (χ0v) is 13.8. The van der Waals surface area contributed by atoms with Gasteiger partial charge in [-0.15, -0.1) is 0 Å². The molecule has 0 bridgehead atoms. The van der Waals surface area contributed by atoms with Crippen molar-refractivity contribution in [2.45, 2.75) is 18.9 Å². The minimum atomic E-state index is -0.334. The Morgan fingerprint density at radius 1 is 1.40 bits per heavy atom. The van der Waals surface area contributed by atoms with E-state index in [2.05, 4.69) is 21.8 Å². The second-order valence-electron chi connectivity index (χ2n) is 6.35. The van der Waals surface area contributed by atoms with E-state index in [1.807, 2.05) is 6.92 Å². The standard InChI is InChI=1S/C18H18FN5O/c1-18(5-6-24(10-18)11-20)23-17-16(22-12-25)8-14(9-21-17)13-3-2-4-15(19)7-13/h2-4,7-9,12H,5-6,10H2,1H3,(H,21,23)(H,22,25)/t18-/m0/s1.